The summed E-state index contributed by atoms with van der Waals surface area (Å²) in [4.78, 5) is 11.5. The molecule has 2 aliphatic rings. The molecule has 1 aromatic rings. The molecule has 0 aromatic heterocycles. The normalized spacial score (nSPS) is 30.1. The first-order valence-corrected chi connectivity index (χ1v) is 7.28. The lowest BCUT2D eigenvalue weighted by Gasteiger charge is -2.40. The number of carbonyl (C=O) groups excluding carboxylic acids is 1. The lowest BCUT2D eigenvalue weighted by molar-refractivity contribution is -0.150. The Morgan fingerprint density at radius 3 is 2.85 bits per heavy atom. The molecule has 0 saturated heterocycles. The van der Waals surface area contributed by atoms with Gasteiger partial charge in [-0.3, -0.25) is 4.79 Å². The maximum atomic E-state index is 11.5. The summed E-state index contributed by atoms with van der Waals surface area (Å²) < 4.78 is 11.6. The number of hydrogen-bond donors (Lipinski definition) is 0. The van der Waals surface area contributed by atoms with E-state index >= 15 is 0 Å². The van der Waals surface area contributed by atoms with Crippen LogP contribution in [-0.4, -0.2) is 18.7 Å². The fourth-order valence-electron chi connectivity index (χ4n) is 3.97. The highest BCUT2D eigenvalue weighted by Gasteiger charge is 2.61. The van der Waals surface area contributed by atoms with Crippen LogP contribution in [0.5, 0.6) is 5.75 Å². The number of esters is 1. The van der Waals surface area contributed by atoms with Crippen LogP contribution in [0.3, 0.4) is 0 Å². The van der Waals surface area contributed by atoms with Gasteiger partial charge in [0.1, 0.15) is 18.5 Å². The van der Waals surface area contributed by atoms with Crippen LogP contribution in [0.15, 0.2) is 18.2 Å². The minimum Gasteiger partial charge on any atom is -0.492 e. The molecule has 3 rings (SSSR count). The van der Waals surface area contributed by atoms with E-state index in [0.717, 1.165) is 18.6 Å². The van der Waals surface area contributed by atoms with Crippen molar-refractivity contribution in [1.82, 2.24) is 0 Å². The first-order chi connectivity index (χ1) is 9.37. The van der Waals surface area contributed by atoms with Crippen LogP contribution in [0.4, 0.5) is 0 Å². The minimum atomic E-state index is -0.208. The summed E-state index contributed by atoms with van der Waals surface area (Å²) in [5.41, 5.74) is 2.29. The lowest BCUT2D eigenvalue weighted by atomic mass is 9.64. The average molecular weight is 274 g/mol. The Hall–Kier alpha value is -1.51. The van der Waals surface area contributed by atoms with Crippen LogP contribution < -0.4 is 4.74 Å². The first-order valence-electron chi connectivity index (χ1n) is 7.28. The molecule has 20 heavy (non-hydrogen) atoms. The highest BCUT2D eigenvalue weighted by atomic mass is 16.5. The Bertz CT molecular complexity index is 561. The number of carbonyl (C=O) groups is 1. The molecule has 0 N–H and O–H groups in total. The molecule has 1 aliphatic heterocycles. The highest BCUT2D eigenvalue weighted by Crippen LogP contribution is 2.59. The van der Waals surface area contributed by atoms with E-state index in [1.54, 1.807) is 0 Å². The summed E-state index contributed by atoms with van der Waals surface area (Å²) in [6, 6.07) is 6.31. The third-order valence-corrected chi connectivity index (χ3v) is 5.17. The van der Waals surface area contributed by atoms with Crippen LogP contribution >= 0.6 is 0 Å². The Morgan fingerprint density at radius 2 is 2.15 bits per heavy atom. The van der Waals surface area contributed by atoms with Gasteiger partial charge in [-0.15, -0.1) is 0 Å². The topological polar surface area (TPSA) is 35.5 Å². The van der Waals surface area contributed by atoms with Gasteiger partial charge in [-0.05, 0) is 31.2 Å². The zero-order chi connectivity index (χ0) is 14.5. The van der Waals surface area contributed by atoms with Crippen molar-refractivity contribution in [1.29, 1.82) is 0 Å². The minimum absolute atomic E-state index is 0.0617. The maximum absolute atomic E-state index is 11.5. The van der Waals surface area contributed by atoms with Crippen molar-refractivity contribution >= 4 is 5.97 Å². The van der Waals surface area contributed by atoms with Gasteiger partial charge in [0.2, 0.25) is 0 Å². The number of hydrogen-bond acceptors (Lipinski definition) is 3. The number of ether oxygens (including phenoxy) is 2. The summed E-state index contributed by atoms with van der Waals surface area (Å²) in [5, 5.41) is 0. The van der Waals surface area contributed by atoms with Gasteiger partial charge in [0.25, 0.3) is 0 Å². The van der Waals surface area contributed by atoms with E-state index in [4.69, 9.17) is 9.47 Å². The highest BCUT2D eigenvalue weighted by molar-refractivity contribution is 5.66. The van der Waals surface area contributed by atoms with Crippen LogP contribution in [0.1, 0.15) is 44.7 Å². The molecular formula is C17H22O3. The standard InChI is InChI=1S/C17H22O3/c1-11-5-6-14-13(9-11)17(10-19-14)15(20-12(2)18)7-8-16(17,3)4/h5-6,9,15H,7-8,10H2,1-4H3/t15-,17+/m1/s1. The van der Waals surface area contributed by atoms with E-state index in [0.29, 0.717) is 6.61 Å². The largest absolute Gasteiger partial charge is 0.492 e. The molecule has 0 unspecified atom stereocenters. The Balaban J connectivity index is 2.14. The van der Waals surface area contributed by atoms with E-state index in [1.165, 1.54) is 18.1 Å². The second-order valence-electron chi connectivity index (χ2n) is 6.78. The third kappa shape index (κ3) is 1.68. The number of fused-ring (bicyclic) bond motifs is 2. The smallest absolute Gasteiger partial charge is 0.302 e. The molecule has 3 nitrogen and oxygen atoms in total. The van der Waals surface area contributed by atoms with Gasteiger partial charge in [-0.2, -0.15) is 0 Å². The van der Waals surface area contributed by atoms with E-state index in [1.807, 2.05) is 6.07 Å². The van der Waals surface area contributed by atoms with Crippen LogP contribution in [0, 0.1) is 12.3 Å². The van der Waals surface area contributed by atoms with Gasteiger partial charge >= 0.3 is 5.97 Å². The summed E-state index contributed by atoms with van der Waals surface area (Å²) in [6.07, 6.45) is 1.86. The summed E-state index contributed by atoms with van der Waals surface area (Å²) in [5.74, 6) is 0.746. The van der Waals surface area contributed by atoms with Crippen molar-refractivity contribution in [2.24, 2.45) is 5.41 Å². The third-order valence-electron chi connectivity index (χ3n) is 5.17. The van der Waals surface area contributed by atoms with E-state index < -0.39 is 0 Å². The van der Waals surface area contributed by atoms with Crippen molar-refractivity contribution < 1.29 is 14.3 Å². The molecule has 0 amide bonds. The molecule has 1 heterocycles. The Labute approximate surface area is 120 Å². The fourth-order valence-corrected chi connectivity index (χ4v) is 3.97. The zero-order valence-electron chi connectivity index (χ0n) is 12.7. The molecule has 3 heteroatoms. The molecule has 108 valence electrons. The second-order valence-corrected chi connectivity index (χ2v) is 6.78. The first kappa shape index (κ1) is 13.5. The number of benzene rings is 1. The van der Waals surface area contributed by atoms with Gasteiger partial charge in [-0.25, -0.2) is 0 Å². The molecule has 0 radical (unpaired) electrons. The fraction of sp³-hybridized carbons (Fsp3) is 0.588. The molecule has 1 saturated carbocycles. The number of rotatable bonds is 1. The van der Waals surface area contributed by atoms with E-state index in [2.05, 4.69) is 32.9 Å². The van der Waals surface area contributed by atoms with E-state index in [9.17, 15) is 4.79 Å². The SMILES string of the molecule is CC(=O)O[C@@H]1CCC(C)(C)[C@]12COc1ccc(C)cc12. The van der Waals surface area contributed by atoms with Gasteiger partial charge in [0.15, 0.2) is 0 Å². The average Bonchev–Trinajstić information content (AvgIpc) is 2.84. The monoisotopic (exact) mass is 274 g/mol. The summed E-state index contributed by atoms with van der Waals surface area (Å²) in [7, 11) is 0. The quantitative estimate of drug-likeness (QED) is 0.736. The molecular weight excluding hydrogens is 252 g/mol. The molecule has 1 aromatic carbocycles. The van der Waals surface area contributed by atoms with Gasteiger partial charge in [0.05, 0.1) is 5.41 Å². The zero-order valence-corrected chi connectivity index (χ0v) is 12.7. The summed E-state index contributed by atoms with van der Waals surface area (Å²) >= 11 is 0. The Kier molecular flexibility index (Phi) is 2.86. The number of aryl methyl sites for hydroxylation is 1. The van der Waals surface area contributed by atoms with Crippen LogP contribution in [0.25, 0.3) is 0 Å². The van der Waals surface area contributed by atoms with Crippen molar-refractivity contribution in [2.45, 2.75) is 52.1 Å². The van der Waals surface area contributed by atoms with Crippen molar-refractivity contribution in [3.05, 3.63) is 29.3 Å². The molecule has 1 fully saturated rings. The molecule has 1 spiro atoms. The second kappa shape index (κ2) is 4.24. The van der Waals surface area contributed by atoms with Crippen LogP contribution in [-0.2, 0) is 14.9 Å². The van der Waals surface area contributed by atoms with Gasteiger partial charge < -0.3 is 9.47 Å². The van der Waals surface area contributed by atoms with Crippen LogP contribution in [0.2, 0.25) is 0 Å². The lowest BCUT2D eigenvalue weighted by Crippen LogP contribution is -2.48. The van der Waals surface area contributed by atoms with Crippen molar-refractivity contribution in [2.75, 3.05) is 6.61 Å². The van der Waals surface area contributed by atoms with Gasteiger partial charge in [-0.1, -0.05) is 31.5 Å². The van der Waals surface area contributed by atoms with Crippen molar-refractivity contribution in [3.8, 4) is 5.75 Å². The Morgan fingerprint density at radius 1 is 1.40 bits per heavy atom. The predicted octanol–water partition coefficient (Wildman–Crippen LogP) is 3.38. The molecule has 2 atom stereocenters. The van der Waals surface area contributed by atoms with Gasteiger partial charge in [0, 0.05) is 12.5 Å². The predicted molar refractivity (Wildman–Crippen MR) is 76.9 cm³/mol. The summed E-state index contributed by atoms with van der Waals surface area (Å²) in [6.45, 7) is 8.71. The van der Waals surface area contributed by atoms with E-state index in [-0.39, 0.29) is 22.9 Å². The maximum Gasteiger partial charge on any atom is 0.302 e. The van der Waals surface area contributed by atoms with Crippen molar-refractivity contribution in [3.63, 3.8) is 0 Å². The molecule has 1 aliphatic carbocycles. The molecule has 0 bridgehead atoms.